The molecule has 2 aromatic heterocycles. The molecule has 1 aliphatic rings. The molecule has 4 rings (SSSR count). The van der Waals surface area contributed by atoms with Gasteiger partial charge in [0.15, 0.2) is 5.13 Å². The summed E-state index contributed by atoms with van der Waals surface area (Å²) in [7, 11) is 0. The monoisotopic (exact) mass is 379 g/mol. The quantitative estimate of drug-likeness (QED) is 0.619. The first-order valence-electron chi connectivity index (χ1n) is 8.52. The van der Waals surface area contributed by atoms with Crippen LogP contribution in [0.15, 0.2) is 54.2 Å². The van der Waals surface area contributed by atoms with Gasteiger partial charge in [0.05, 0.1) is 5.69 Å². The Hall–Kier alpha value is -3.26. The zero-order valence-corrected chi connectivity index (χ0v) is 15.1. The Morgan fingerprint density at radius 1 is 1.00 bits per heavy atom. The molecule has 3 N–H and O–H groups in total. The molecule has 1 saturated carbocycles. The normalized spacial score (nSPS) is 13.0. The number of hydrogen-bond acceptors (Lipinski definition) is 5. The van der Waals surface area contributed by atoms with Gasteiger partial charge in [0.25, 0.3) is 0 Å². The SMILES string of the molecule is O=C(Nc1ccc(NC(=O)C2CC2)cc1)Nc1nc(-c2cccnc2)cs1. The van der Waals surface area contributed by atoms with E-state index in [1.807, 2.05) is 17.5 Å². The maximum absolute atomic E-state index is 12.2. The second-order valence-electron chi connectivity index (χ2n) is 6.20. The number of urea groups is 1. The lowest BCUT2D eigenvalue weighted by atomic mass is 10.2. The van der Waals surface area contributed by atoms with E-state index in [9.17, 15) is 9.59 Å². The highest BCUT2D eigenvalue weighted by Gasteiger charge is 2.29. The van der Waals surface area contributed by atoms with Crippen LogP contribution in [0, 0.1) is 5.92 Å². The summed E-state index contributed by atoms with van der Waals surface area (Å²) in [4.78, 5) is 32.3. The number of amides is 3. The van der Waals surface area contributed by atoms with Crippen molar-refractivity contribution in [3.63, 3.8) is 0 Å². The maximum Gasteiger partial charge on any atom is 0.325 e. The van der Waals surface area contributed by atoms with E-state index in [1.54, 1.807) is 36.7 Å². The Kier molecular flexibility index (Phi) is 4.80. The fourth-order valence-corrected chi connectivity index (χ4v) is 3.18. The number of thiazole rings is 1. The second kappa shape index (κ2) is 7.55. The van der Waals surface area contributed by atoms with Gasteiger partial charge in [-0.2, -0.15) is 0 Å². The van der Waals surface area contributed by atoms with Crippen LogP contribution in [0.25, 0.3) is 11.3 Å². The van der Waals surface area contributed by atoms with Crippen molar-refractivity contribution in [1.82, 2.24) is 9.97 Å². The summed E-state index contributed by atoms with van der Waals surface area (Å²) in [5.41, 5.74) is 3.00. The first-order valence-corrected chi connectivity index (χ1v) is 9.40. The third-order valence-electron chi connectivity index (χ3n) is 4.04. The summed E-state index contributed by atoms with van der Waals surface area (Å²) in [5.74, 6) is 0.213. The average Bonchev–Trinajstić information content (AvgIpc) is 3.44. The van der Waals surface area contributed by atoms with Gasteiger partial charge in [-0.1, -0.05) is 0 Å². The molecule has 136 valence electrons. The number of aromatic nitrogens is 2. The minimum Gasteiger partial charge on any atom is -0.326 e. The van der Waals surface area contributed by atoms with E-state index in [1.165, 1.54) is 11.3 Å². The van der Waals surface area contributed by atoms with Crippen LogP contribution in [0.1, 0.15) is 12.8 Å². The van der Waals surface area contributed by atoms with E-state index < -0.39 is 0 Å². The number of nitrogens with one attached hydrogen (secondary N) is 3. The van der Waals surface area contributed by atoms with Crippen LogP contribution >= 0.6 is 11.3 Å². The molecule has 27 heavy (non-hydrogen) atoms. The van der Waals surface area contributed by atoms with Gasteiger partial charge in [0.1, 0.15) is 0 Å². The highest BCUT2D eigenvalue weighted by molar-refractivity contribution is 7.14. The molecule has 8 heteroatoms. The number of benzene rings is 1. The van der Waals surface area contributed by atoms with Gasteiger partial charge in [-0.25, -0.2) is 9.78 Å². The summed E-state index contributed by atoms with van der Waals surface area (Å²) in [6.45, 7) is 0. The number of carbonyl (C=O) groups is 2. The largest absolute Gasteiger partial charge is 0.326 e. The molecule has 1 aromatic carbocycles. The van der Waals surface area contributed by atoms with Gasteiger partial charge < -0.3 is 10.6 Å². The molecule has 1 fully saturated rings. The second-order valence-corrected chi connectivity index (χ2v) is 7.06. The Morgan fingerprint density at radius 2 is 1.74 bits per heavy atom. The van der Waals surface area contributed by atoms with Crippen molar-refractivity contribution in [2.24, 2.45) is 5.92 Å². The number of rotatable bonds is 5. The fourth-order valence-electron chi connectivity index (χ4n) is 2.46. The standard InChI is InChI=1S/C19H17N5O2S/c25-17(12-3-4-12)21-14-5-7-15(8-6-14)22-18(26)24-19-23-16(11-27-19)13-2-1-9-20-10-13/h1-2,5-12H,3-4H2,(H,21,25)(H2,22,23,24,26). The third kappa shape index (κ3) is 4.48. The molecule has 7 nitrogen and oxygen atoms in total. The van der Waals surface area contributed by atoms with Crippen molar-refractivity contribution in [2.45, 2.75) is 12.8 Å². The predicted molar refractivity (Wildman–Crippen MR) is 106 cm³/mol. The van der Waals surface area contributed by atoms with E-state index in [0.29, 0.717) is 10.8 Å². The van der Waals surface area contributed by atoms with E-state index in [4.69, 9.17) is 0 Å². The maximum atomic E-state index is 12.2. The molecule has 0 spiro atoms. The Bertz CT molecular complexity index is 952. The van der Waals surface area contributed by atoms with Crippen molar-refractivity contribution in [1.29, 1.82) is 0 Å². The van der Waals surface area contributed by atoms with Crippen molar-refractivity contribution in [3.8, 4) is 11.3 Å². The van der Waals surface area contributed by atoms with Crippen molar-refractivity contribution < 1.29 is 9.59 Å². The molecule has 3 amide bonds. The number of anilines is 3. The van der Waals surface area contributed by atoms with Gasteiger partial charge in [-0.3, -0.25) is 15.1 Å². The summed E-state index contributed by atoms with van der Waals surface area (Å²) < 4.78 is 0. The van der Waals surface area contributed by atoms with Gasteiger partial charge in [-0.15, -0.1) is 11.3 Å². The predicted octanol–water partition coefficient (Wildman–Crippen LogP) is 4.20. The smallest absolute Gasteiger partial charge is 0.325 e. The lowest BCUT2D eigenvalue weighted by Gasteiger charge is -2.07. The summed E-state index contributed by atoms with van der Waals surface area (Å²) >= 11 is 1.34. The first kappa shape index (κ1) is 17.2. The summed E-state index contributed by atoms with van der Waals surface area (Å²) in [6.07, 6.45) is 5.35. The van der Waals surface area contributed by atoms with E-state index in [2.05, 4.69) is 25.9 Å². The highest BCUT2D eigenvalue weighted by atomic mass is 32.1. The van der Waals surface area contributed by atoms with Crippen LogP contribution in [-0.2, 0) is 4.79 Å². The molecule has 0 bridgehead atoms. The molecule has 1 aliphatic carbocycles. The Morgan fingerprint density at radius 3 is 2.41 bits per heavy atom. The first-order chi connectivity index (χ1) is 13.2. The molecule has 0 unspecified atom stereocenters. The lowest BCUT2D eigenvalue weighted by Crippen LogP contribution is -2.19. The van der Waals surface area contributed by atoms with Gasteiger partial charge >= 0.3 is 6.03 Å². The number of nitrogens with zero attached hydrogens (tertiary/aromatic N) is 2. The Balaban J connectivity index is 1.32. The van der Waals surface area contributed by atoms with Crippen molar-refractivity contribution in [3.05, 3.63) is 54.2 Å². The minimum absolute atomic E-state index is 0.0571. The topological polar surface area (TPSA) is 96.0 Å². The van der Waals surface area contributed by atoms with Gasteiger partial charge in [0.2, 0.25) is 5.91 Å². The number of hydrogen-bond donors (Lipinski definition) is 3. The van der Waals surface area contributed by atoms with Gasteiger partial charge in [-0.05, 0) is 49.2 Å². The zero-order valence-electron chi connectivity index (χ0n) is 14.3. The molecular weight excluding hydrogens is 362 g/mol. The van der Waals surface area contributed by atoms with Crippen LogP contribution in [0.4, 0.5) is 21.3 Å². The molecule has 2 heterocycles. The van der Waals surface area contributed by atoms with E-state index in [0.717, 1.165) is 29.8 Å². The van der Waals surface area contributed by atoms with Crippen molar-refractivity contribution in [2.75, 3.05) is 16.0 Å². The van der Waals surface area contributed by atoms with E-state index in [-0.39, 0.29) is 17.9 Å². The molecular formula is C19H17N5O2S. The van der Waals surface area contributed by atoms with Crippen molar-refractivity contribution >= 4 is 39.8 Å². The molecule has 3 aromatic rings. The van der Waals surface area contributed by atoms with E-state index >= 15 is 0 Å². The molecule has 0 radical (unpaired) electrons. The minimum atomic E-state index is -0.378. The van der Waals surface area contributed by atoms with Crippen LogP contribution in [0.5, 0.6) is 0 Å². The van der Waals surface area contributed by atoms with Gasteiger partial charge in [0, 0.05) is 40.6 Å². The molecule has 0 aliphatic heterocycles. The van der Waals surface area contributed by atoms with Crippen LogP contribution in [0.3, 0.4) is 0 Å². The summed E-state index contributed by atoms with van der Waals surface area (Å²) in [5, 5.41) is 10.7. The van der Waals surface area contributed by atoms with Crippen LogP contribution < -0.4 is 16.0 Å². The molecule has 0 saturated heterocycles. The van der Waals surface area contributed by atoms with Crippen LogP contribution in [-0.4, -0.2) is 21.9 Å². The third-order valence-corrected chi connectivity index (χ3v) is 4.80. The Labute approximate surface area is 159 Å². The lowest BCUT2D eigenvalue weighted by molar-refractivity contribution is -0.117. The fraction of sp³-hybridized carbons (Fsp3) is 0.158. The summed E-state index contributed by atoms with van der Waals surface area (Å²) in [6, 6.07) is 10.4. The number of pyridine rings is 1. The number of carbonyl (C=O) groups excluding carboxylic acids is 2. The molecule has 0 atom stereocenters. The average molecular weight is 379 g/mol. The zero-order chi connectivity index (χ0) is 18.6. The highest BCUT2D eigenvalue weighted by Crippen LogP contribution is 2.30. The van der Waals surface area contributed by atoms with Crippen LogP contribution in [0.2, 0.25) is 0 Å².